The van der Waals surface area contributed by atoms with Crippen molar-refractivity contribution in [3.05, 3.63) is 42.0 Å². The highest BCUT2D eigenvalue weighted by molar-refractivity contribution is 6.12. The third-order valence-corrected chi connectivity index (χ3v) is 14.1. The lowest BCUT2D eigenvalue weighted by atomic mass is 9.89. The van der Waals surface area contributed by atoms with E-state index in [-0.39, 0.29) is 80.9 Å². The van der Waals surface area contributed by atoms with Crippen LogP contribution in [0.4, 0.5) is 15.3 Å². The Morgan fingerprint density at radius 1 is 0.763 bits per heavy atom. The number of Topliss-reactive ketones (excluding diaryl/α,β-unsaturated/α-hetero) is 1. The number of imide groups is 1. The number of urea groups is 1. The zero-order valence-electron chi connectivity index (χ0n) is 45.3. The molecule has 0 aromatic heterocycles. The fourth-order valence-electron chi connectivity index (χ4n) is 9.28. The highest BCUT2D eigenvalue weighted by Gasteiger charge is 2.44. The van der Waals surface area contributed by atoms with Crippen LogP contribution in [-0.4, -0.2) is 147 Å². The molecule has 0 radical (unpaired) electrons. The van der Waals surface area contributed by atoms with Gasteiger partial charge in [-0.3, -0.25) is 28.9 Å². The summed E-state index contributed by atoms with van der Waals surface area (Å²) in [5.74, 6) is -3.33. The Morgan fingerprint density at radius 2 is 1.37 bits per heavy atom. The Kier molecular flexibility index (Phi) is 31.0. The van der Waals surface area contributed by atoms with Crippen molar-refractivity contribution >= 4 is 47.2 Å². The molecule has 0 aliphatic carbocycles. The Morgan fingerprint density at radius 3 is 1.96 bits per heavy atom. The molecule has 0 bridgehead atoms. The highest BCUT2D eigenvalue weighted by Crippen LogP contribution is 2.25. The number of nitrogens with one attached hydrogen (secondary N) is 4. The van der Waals surface area contributed by atoms with Crippen molar-refractivity contribution < 1.29 is 73.3 Å². The SMILES string of the molecule is CCCCCCCCCCCCCC[C@@H](C)[C@@H](O)[C@H](CO[C@H]1OC(CO)[C@H](O)[C@H](O)C1O)NC(=O)OCc1ccc(NC(=O)[C@H](CCCNC(N)=O)CC(=O)[C@@H](NC(=O)CCCCCN2C(=O)C=CC2=O)C(C)C)cc1. The van der Waals surface area contributed by atoms with Gasteiger partial charge in [0.25, 0.3) is 11.8 Å². The number of carbonyl (C=O) groups excluding carboxylic acids is 7. The predicted molar refractivity (Wildman–Crippen MR) is 284 cm³/mol. The summed E-state index contributed by atoms with van der Waals surface area (Å²) in [5.41, 5.74) is 6.14. The summed E-state index contributed by atoms with van der Waals surface area (Å²) in [6.07, 6.45) is 9.65. The Balaban J connectivity index is 1.57. The van der Waals surface area contributed by atoms with Crippen LogP contribution in [0.2, 0.25) is 0 Å². The second kappa shape index (κ2) is 36.1. The van der Waals surface area contributed by atoms with Crippen molar-refractivity contribution in [2.45, 2.75) is 212 Å². The number of benzene rings is 1. The first-order chi connectivity index (χ1) is 36.4. The van der Waals surface area contributed by atoms with Crippen molar-refractivity contribution in [1.29, 1.82) is 0 Å². The van der Waals surface area contributed by atoms with Crippen molar-refractivity contribution in [3.8, 4) is 0 Å². The fourth-order valence-corrected chi connectivity index (χ4v) is 9.28. The number of unbranched alkanes of at least 4 members (excludes halogenated alkanes) is 13. The summed E-state index contributed by atoms with van der Waals surface area (Å²) in [5, 5.41) is 63.1. The van der Waals surface area contributed by atoms with E-state index < -0.39 is 79.4 Å². The molecule has 0 spiro atoms. The van der Waals surface area contributed by atoms with Gasteiger partial charge in [0, 0.05) is 49.7 Å². The average molecular weight is 1080 g/mol. The van der Waals surface area contributed by atoms with Crippen LogP contribution in [0.5, 0.6) is 0 Å². The van der Waals surface area contributed by atoms with Crippen LogP contribution in [0, 0.1) is 17.8 Å². The molecule has 76 heavy (non-hydrogen) atoms. The molecule has 2 aliphatic heterocycles. The number of aliphatic hydroxyl groups excluding tert-OH is 5. The molecule has 10 atom stereocenters. The molecule has 21 heteroatoms. The second-order valence-corrected chi connectivity index (χ2v) is 20.8. The topological polar surface area (TPSA) is 326 Å². The van der Waals surface area contributed by atoms with Crippen LogP contribution < -0.4 is 27.0 Å². The number of ether oxygens (including phenoxy) is 3. The number of ketones is 1. The Labute approximate surface area is 448 Å². The zero-order valence-corrected chi connectivity index (χ0v) is 45.3. The number of rotatable bonds is 39. The van der Waals surface area contributed by atoms with Crippen molar-refractivity contribution in [2.75, 3.05) is 31.6 Å². The number of hydrogen-bond acceptors (Lipinski definition) is 15. The van der Waals surface area contributed by atoms with Gasteiger partial charge in [0.1, 0.15) is 31.0 Å². The molecule has 11 N–H and O–H groups in total. The van der Waals surface area contributed by atoms with Gasteiger partial charge in [-0.25, -0.2) is 9.59 Å². The number of nitrogens with zero attached hydrogens (tertiary/aromatic N) is 1. The maximum atomic E-state index is 13.8. The van der Waals surface area contributed by atoms with Gasteiger partial charge in [0.2, 0.25) is 11.8 Å². The third kappa shape index (κ3) is 24.1. The molecule has 3 rings (SSSR count). The molecule has 1 aromatic carbocycles. The normalized spacial score (nSPS) is 20.4. The lowest BCUT2D eigenvalue weighted by Crippen LogP contribution is -2.60. The largest absolute Gasteiger partial charge is 0.445 e. The second-order valence-electron chi connectivity index (χ2n) is 20.8. The quantitative estimate of drug-likeness (QED) is 0.0314. The minimum Gasteiger partial charge on any atom is -0.445 e. The first kappa shape index (κ1) is 65.3. The van der Waals surface area contributed by atoms with Gasteiger partial charge < -0.3 is 66.7 Å². The molecule has 1 fully saturated rings. The molecular formula is C55H90N6O15. The molecule has 0 saturated carbocycles. The van der Waals surface area contributed by atoms with E-state index in [4.69, 9.17) is 19.9 Å². The van der Waals surface area contributed by atoms with Gasteiger partial charge >= 0.3 is 12.1 Å². The van der Waals surface area contributed by atoms with Gasteiger partial charge in [0.15, 0.2) is 12.1 Å². The summed E-state index contributed by atoms with van der Waals surface area (Å²) < 4.78 is 16.8. The van der Waals surface area contributed by atoms with E-state index in [1.165, 1.54) is 63.5 Å². The van der Waals surface area contributed by atoms with E-state index in [0.717, 1.165) is 30.6 Å². The number of amides is 7. The standard InChI is InChI=1S/C55H90N6O15/c1-5-6-7-8-9-10-11-12-13-14-15-17-21-37(4)48(67)41(35-74-53-51(70)50(69)49(68)43(33-62)76-53)59-55(73)75-34-38-24-26-40(27-25-38)58-52(71)39(22-20-30-57-54(56)72)32-42(63)47(36(2)3)60-44(64)23-18-16-19-31-61-45(65)28-29-46(61)66/h24-29,36-37,39,41,43,47-51,53,62,67-70H,5-23,30-35H2,1-4H3,(H,58,71)(H,59,73)(H,60,64)(H3,56,57,72)/t37-,39-,41+,43?,47+,48-,49+,50+,51?,53+/m1/s1. The maximum Gasteiger partial charge on any atom is 0.407 e. The maximum absolute atomic E-state index is 13.8. The summed E-state index contributed by atoms with van der Waals surface area (Å²) in [6, 6.07) is 3.75. The number of alkyl carbamates (subject to hydrolysis) is 1. The summed E-state index contributed by atoms with van der Waals surface area (Å²) in [6.45, 7) is 6.81. The predicted octanol–water partition coefficient (Wildman–Crippen LogP) is 4.77. The van der Waals surface area contributed by atoms with Crippen LogP contribution in [0.25, 0.3) is 0 Å². The van der Waals surface area contributed by atoms with Gasteiger partial charge in [0.05, 0.1) is 31.4 Å². The van der Waals surface area contributed by atoms with Gasteiger partial charge in [-0.05, 0) is 61.6 Å². The van der Waals surface area contributed by atoms with Crippen LogP contribution >= 0.6 is 0 Å². The smallest absolute Gasteiger partial charge is 0.407 e. The molecule has 7 amide bonds. The third-order valence-electron chi connectivity index (χ3n) is 14.1. The van der Waals surface area contributed by atoms with Gasteiger partial charge in [-0.1, -0.05) is 123 Å². The first-order valence-corrected chi connectivity index (χ1v) is 27.7. The molecule has 2 aliphatic rings. The fraction of sp³-hybridized carbons (Fsp3) is 0.727. The van der Waals surface area contributed by atoms with Crippen molar-refractivity contribution in [3.63, 3.8) is 0 Å². The number of carbonyl (C=O) groups is 7. The number of anilines is 1. The van der Waals surface area contributed by atoms with E-state index in [0.29, 0.717) is 43.4 Å². The van der Waals surface area contributed by atoms with Crippen molar-refractivity contribution in [1.82, 2.24) is 20.9 Å². The number of nitrogens with two attached hydrogens (primary N) is 1. The van der Waals surface area contributed by atoms with E-state index in [9.17, 15) is 59.1 Å². The number of hydrogen-bond donors (Lipinski definition) is 10. The summed E-state index contributed by atoms with van der Waals surface area (Å²) >= 11 is 0. The molecule has 1 aromatic rings. The lowest BCUT2D eigenvalue weighted by Gasteiger charge is -2.40. The minimum atomic E-state index is -1.69. The monoisotopic (exact) mass is 1070 g/mol. The van der Waals surface area contributed by atoms with E-state index >= 15 is 0 Å². The Hall–Kier alpha value is -5.03. The van der Waals surface area contributed by atoms with Gasteiger partial charge in [-0.15, -0.1) is 0 Å². The lowest BCUT2D eigenvalue weighted by molar-refractivity contribution is -0.303. The summed E-state index contributed by atoms with van der Waals surface area (Å²) in [7, 11) is 0. The molecule has 2 heterocycles. The van der Waals surface area contributed by atoms with Crippen LogP contribution in [0.3, 0.4) is 0 Å². The molecule has 1 saturated heterocycles. The van der Waals surface area contributed by atoms with E-state index in [1.807, 2.05) is 6.92 Å². The Bertz CT molecular complexity index is 1940. The van der Waals surface area contributed by atoms with Gasteiger partial charge in [-0.2, -0.15) is 0 Å². The van der Waals surface area contributed by atoms with E-state index in [1.54, 1.807) is 38.1 Å². The first-order valence-electron chi connectivity index (χ1n) is 27.7. The van der Waals surface area contributed by atoms with Crippen LogP contribution in [0.1, 0.15) is 162 Å². The average Bonchev–Trinajstić information content (AvgIpc) is 3.72. The molecular weight excluding hydrogens is 985 g/mol. The van der Waals surface area contributed by atoms with E-state index in [2.05, 4.69) is 28.2 Å². The zero-order chi connectivity index (χ0) is 56.0. The molecule has 2 unspecified atom stereocenters. The minimum absolute atomic E-state index is 0.122. The number of aliphatic hydroxyl groups is 5. The van der Waals surface area contributed by atoms with Crippen molar-refractivity contribution in [2.24, 2.45) is 23.5 Å². The van der Waals surface area contributed by atoms with Crippen LogP contribution in [0.15, 0.2) is 36.4 Å². The molecule has 21 nitrogen and oxygen atoms in total. The number of primary amides is 1. The molecule has 430 valence electrons. The summed E-state index contributed by atoms with van der Waals surface area (Å²) in [4.78, 5) is 89.8. The highest BCUT2D eigenvalue weighted by atomic mass is 16.7. The van der Waals surface area contributed by atoms with Crippen LogP contribution in [-0.2, 0) is 44.8 Å².